The number of benzene rings is 2. The van der Waals surface area contributed by atoms with E-state index in [0.717, 1.165) is 4.90 Å². The van der Waals surface area contributed by atoms with E-state index in [-0.39, 0.29) is 16.9 Å². The molecule has 1 heterocycles. The van der Waals surface area contributed by atoms with E-state index in [4.69, 9.17) is 4.74 Å². The minimum Gasteiger partial charge on any atom is -0.454 e. The van der Waals surface area contributed by atoms with Crippen molar-refractivity contribution in [3.8, 4) is 0 Å². The van der Waals surface area contributed by atoms with Crippen LogP contribution >= 0.6 is 0 Å². The van der Waals surface area contributed by atoms with E-state index in [1.54, 1.807) is 36.4 Å². The molecular formula is C20H16N2O6. The number of esters is 1. The first-order valence-electron chi connectivity index (χ1n) is 8.39. The topological polar surface area (TPSA) is 110 Å². The van der Waals surface area contributed by atoms with Crippen molar-refractivity contribution < 1.29 is 28.7 Å². The van der Waals surface area contributed by atoms with Crippen molar-refractivity contribution in [2.75, 3.05) is 18.5 Å². The van der Waals surface area contributed by atoms with Crippen LogP contribution in [0, 0.1) is 0 Å². The minimum absolute atomic E-state index is 0.221. The monoisotopic (exact) mass is 380 g/mol. The lowest BCUT2D eigenvalue weighted by molar-refractivity contribution is -0.147. The molecule has 0 unspecified atom stereocenters. The number of ketones is 1. The van der Waals surface area contributed by atoms with Gasteiger partial charge < -0.3 is 10.1 Å². The van der Waals surface area contributed by atoms with Gasteiger partial charge in [0, 0.05) is 5.56 Å². The first-order valence-corrected chi connectivity index (χ1v) is 8.39. The minimum atomic E-state index is -0.899. The average molecular weight is 380 g/mol. The van der Waals surface area contributed by atoms with Crippen LogP contribution in [0.25, 0.3) is 0 Å². The average Bonchev–Trinajstić information content (AvgIpc) is 2.92. The molecule has 3 rings (SSSR count). The molecule has 3 amide bonds. The molecular weight excluding hydrogens is 364 g/mol. The highest BCUT2D eigenvalue weighted by molar-refractivity contribution is 6.22. The summed E-state index contributed by atoms with van der Waals surface area (Å²) in [6.45, 7) is 0.158. The van der Waals surface area contributed by atoms with Gasteiger partial charge in [0.1, 0.15) is 6.54 Å². The highest BCUT2D eigenvalue weighted by Gasteiger charge is 2.36. The number of nitrogens with zero attached hydrogens (tertiary/aromatic N) is 1. The molecule has 0 bridgehead atoms. The van der Waals surface area contributed by atoms with Gasteiger partial charge in [-0.3, -0.25) is 28.9 Å². The van der Waals surface area contributed by atoms with Crippen LogP contribution in [0.4, 0.5) is 5.69 Å². The Labute approximate surface area is 160 Å². The standard InChI is InChI=1S/C20H16N2O6/c1-12(23)13-6-4-5-9-16(13)21-17(24)11-28-18(25)10-22-19(26)14-7-2-3-8-15(14)20(22)27/h2-9H,10-11H2,1H3,(H,21,24). The van der Waals surface area contributed by atoms with Crippen molar-refractivity contribution in [3.63, 3.8) is 0 Å². The highest BCUT2D eigenvalue weighted by Crippen LogP contribution is 2.22. The molecule has 0 spiro atoms. The number of rotatable bonds is 6. The van der Waals surface area contributed by atoms with Gasteiger partial charge in [0.25, 0.3) is 17.7 Å². The molecule has 1 aliphatic heterocycles. The van der Waals surface area contributed by atoms with Gasteiger partial charge in [-0.2, -0.15) is 0 Å². The summed E-state index contributed by atoms with van der Waals surface area (Å²) in [6, 6.07) is 12.7. The predicted octanol–water partition coefficient (Wildman–Crippen LogP) is 1.67. The molecule has 2 aromatic carbocycles. The van der Waals surface area contributed by atoms with Crippen LogP contribution in [0.15, 0.2) is 48.5 Å². The van der Waals surface area contributed by atoms with Gasteiger partial charge in [-0.05, 0) is 31.2 Å². The predicted molar refractivity (Wildman–Crippen MR) is 97.8 cm³/mol. The molecule has 1 aliphatic rings. The van der Waals surface area contributed by atoms with Crippen molar-refractivity contribution >= 4 is 35.2 Å². The van der Waals surface area contributed by atoms with Crippen LogP contribution in [0.3, 0.4) is 0 Å². The number of Topliss-reactive ketones (excluding diaryl/α,β-unsaturated/α-hetero) is 1. The molecule has 1 N–H and O–H groups in total. The molecule has 0 saturated heterocycles. The Kier molecular flexibility index (Phi) is 5.30. The SMILES string of the molecule is CC(=O)c1ccccc1NC(=O)COC(=O)CN1C(=O)c2ccccc2C1=O. The van der Waals surface area contributed by atoms with Crippen LogP contribution in [0.1, 0.15) is 38.0 Å². The third-order valence-electron chi connectivity index (χ3n) is 4.11. The van der Waals surface area contributed by atoms with Crippen molar-refractivity contribution in [2.45, 2.75) is 6.92 Å². The number of hydrogen-bond acceptors (Lipinski definition) is 6. The van der Waals surface area contributed by atoms with Gasteiger partial charge in [0.15, 0.2) is 12.4 Å². The van der Waals surface area contributed by atoms with Crippen molar-refractivity contribution in [1.82, 2.24) is 4.90 Å². The van der Waals surface area contributed by atoms with Gasteiger partial charge in [-0.1, -0.05) is 24.3 Å². The molecule has 8 heteroatoms. The van der Waals surface area contributed by atoms with E-state index in [2.05, 4.69) is 5.32 Å². The summed E-state index contributed by atoms with van der Waals surface area (Å²) in [6.07, 6.45) is 0. The molecule has 2 aromatic rings. The number of para-hydroxylation sites is 1. The van der Waals surface area contributed by atoms with Crippen LogP contribution in [0.5, 0.6) is 0 Å². The Balaban J connectivity index is 1.55. The third kappa shape index (κ3) is 3.80. The number of nitrogens with one attached hydrogen (secondary N) is 1. The van der Waals surface area contributed by atoms with Crippen molar-refractivity contribution in [1.29, 1.82) is 0 Å². The second-order valence-electron chi connectivity index (χ2n) is 6.05. The molecule has 28 heavy (non-hydrogen) atoms. The molecule has 0 aromatic heterocycles. The van der Waals surface area contributed by atoms with Crippen molar-refractivity contribution in [3.05, 3.63) is 65.2 Å². The molecule has 0 aliphatic carbocycles. The fourth-order valence-corrected chi connectivity index (χ4v) is 2.79. The number of amides is 3. The van der Waals surface area contributed by atoms with E-state index in [1.807, 2.05) is 0 Å². The Morgan fingerprint density at radius 1 is 0.929 bits per heavy atom. The van der Waals surface area contributed by atoms with E-state index in [0.29, 0.717) is 11.3 Å². The number of imide groups is 1. The first-order chi connectivity index (χ1) is 13.4. The van der Waals surface area contributed by atoms with Crippen LogP contribution in [-0.2, 0) is 14.3 Å². The van der Waals surface area contributed by atoms with Crippen molar-refractivity contribution in [2.24, 2.45) is 0 Å². The first kappa shape index (κ1) is 19.0. The zero-order valence-electron chi connectivity index (χ0n) is 14.9. The van der Waals surface area contributed by atoms with Crippen LogP contribution in [0.2, 0.25) is 0 Å². The van der Waals surface area contributed by atoms with Gasteiger partial charge in [0.05, 0.1) is 16.8 Å². The summed E-state index contributed by atoms with van der Waals surface area (Å²) in [5, 5.41) is 2.49. The Morgan fingerprint density at radius 2 is 1.50 bits per heavy atom. The van der Waals surface area contributed by atoms with Crippen LogP contribution < -0.4 is 5.32 Å². The fraction of sp³-hybridized carbons (Fsp3) is 0.150. The summed E-state index contributed by atoms with van der Waals surface area (Å²) < 4.78 is 4.85. The molecule has 0 radical (unpaired) electrons. The number of anilines is 1. The molecule has 0 saturated carbocycles. The summed E-state index contributed by atoms with van der Waals surface area (Å²) in [4.78, 5) is 60.7. The maximum atomic E-state index is 12.2. The number of fused-ring (bicyclic) bond motifs is 1. The summed E-state index contributed by atoms with van der Waals surface area (Å²) >= 11 is 0. The van der Waals surface area contributed by atoms with Crippen LogP contribution in [-0.4, -0.2) is 47.5 Å². The van der Waals surface area contributed by atoms with Gasteiger partial charge in [-0.15, -0.1) is 0 Å². The zero-order chi connectivity index (χ0) is 20.3. The van der Waals surface area contributed by atoms with Gasteiger partial charge in [-0.25, -0.2) is 0 Å². The largest absolute Gasteiger partial charge is 0.454 e. The normalized spacial score (nSPS) is 12.5. The molecule has 0 atom stereocenters. The van der Waals surface area contributed by atoms with Gasteiger partial charge in [0.2, 0.25) is 0 Å². The molecule has 0 fully saturated rings. The summed E-state index contributed by atoms with van der Waals surface area (Å²) in [7, 11) is 0. The number of ether oxygens (including phenoxy) is 1. The fourth-order valence-electron chi connectivity index (χ4n) is 2.79. The quantitative estimate of drug-likeness (QED) is 0.464. The lowest BCUT2D eigenvalue weighted by Crippen LogP contribution is -2.36. The van der Waals surface area contributed by atoms with E-state index >= 15 is 0 Å². The number of carbonyl (C=O) groups is 5. The molecule has 8 nitrogen and oxygen atoms in total. The smallest absolute Gasteiger partial charge is 0.326 e. The number of hydrogen-bond donors (Lipinski definition) is 1. The molecule has 142 valence electrons. The number of carbonyl (C=O) groups excluding carboxylic acids is 5. The van der Waals surface area contributed by atoms with Gasteiger partial charge >= 0.3 is 5.97 Å². The van der Waals surface area contributed by atoms with E-state index in [1.165, 1.54) is 19.1 Å². The highest BCUT2D eigenvalue weighted by atomic mass is 16.5. The Morgan fingerprint density at radius 3 is 2.11 bits per heavy atom. The Hall–Kier alpha value is -3.81. The zero-order valence-corrected chi connectivity index (χ0v) is 14.9. The maximum Gasteiger partial charge on any atom is 0.326 e. The van der Waals surface area contributed by atoms with E-state index in [9.17, 15) is 24.0 Å². The lowest BCUT2D eigenvalue weighted by atomic mass is 10.1. The summed E-state index contributed by atoms with van der Waals surface area (Å²) in [5.41, 5.74) is 1.07. The summed E-state index contributed by atoms with van der Waals surface area (Å²) in [5.74, 6) is -2.94. The maximum absolute atomic E-state index is 12.2. The second-order valence-corrected chi connectivity index (χ2v) is 6.05. The third-order valence-corrected chi connectivity index (χ3v) is 4.11. The lowest BCUT2D eigenvalue weighted by Gasteiger charge is -2.13. The second kappa shape index (κ2) is 7.83. The Bertz CT molecular complexity index is 963. The van der Waals surface area contributed by atoms with E-state index < -0.39 is 36.8 Å².